The zero-order chi connectivity index (χ0) is 10.6. The van der Waals surface area contributed by atoms with E-state index >= 15 is 0 Å². The van der Waals surface area contributed by atoms with Crippen molar-refractivity contribution in [1.29, 1.82) is 0 Å². The highest BCUT2D eigenvalue weighted by Crippen LogP contribution is 2.16. The molecule has 1 fully saturated rings. The van der Waals surface area contributed by atoms with Crippen LogP contribution in [0, 0.1) is 5.92 Å². The second kappa shape index (κ2) is 5.32. The van der Waals surface area contributed by atoms with Gasteiger partial charge in [0.25, 0.3) is 0 Å². The lowest BCUT2D eigenvalue weighted by Gasteiger charge is -2.39. The molecule has 0 saturated carbocycles. The summed E-state index contributed by atoms with van der Waals surface area (Å²) in [6.07, 6.45) is 2.85. The van der Waals surface area contributed by atoms with Gasteiger partial charge in [-0.15, -0.1) is 0 Å². The molecular formula is C10H20N2O2. The highest BCUT2D eigenvalue weighted by molar-refractivity contribution is 5.82. The molecule has 0 aromatic rings. The van der Waals surface area contributed by atoms with Gasteiger partial charge >= 0.3 is 0 Å². The minimum absolute atomic E-state index is 0.0446. The van der Waals surface area contributed by atoms with E-state index in [2.05, 4.69) is 6.92 Å². The number of unbranched alkanes of at least 4 members (excludes halogenated alkanes) is 1. The minimum Gasteiger partial charge on any atom is -0.396 e. The Hall–Kier alpha value is -0.610. The minimum atomic E-state index is -0.338. The van der Waals surface area contributed by atoms with Crippen molar-refractivity contribution in [1.82, 2.24) is 4.90 Å². The van der Waals surface area contributed by atoms with Gasteiger partial charge in [-0.05, 0) is 6.42 Å². The van der Waals surface area contributed by atoms with Gasteiger partial charge in [0.05, 0.1) is 6.04 Å². The SMILES string of the molecule is CCCC[C@H](N)C(=O)N1CC(CO)C1. The molecule has 14 heavy (non-hydrogen) atoms. The van der Waals surface area contributed by atoms with E-state index in [0.29, 0.717) is 13.1 Å². The normalized spacial score (nSPS) is 19.2. The van der Waals surface area contributed by atoms with Crippen molar-refractivity contribution in [3.8, 4) is 0 Å². The summed E-state index contributed by atoms with van der Waals surface area (Å²) in [7, 11) is 0. The van der Waals surface area contributed by atoms with Crippen molar-refractivity contribution in [3.63, 3.8) is 0 Å². The van der Waals surface area contributed by atoms with Crippen LogP contribution in [0.4, 0.5) is 0 Å². The Morgan fingerprint density at radius 1 is 1.64 bits per heavy atom. The Labute approximate surface area is 85.1 Å². The molecule has 4 heteroatoms. The van der Waals surface area contributed by atoms with E-state index in [1.165, 1.54) is 0 Å². The number of rotatable bonds is 5. The van der Waals surface area contributed by atoms with Crippen LogP contribution in [0.25, 0.3) is 0 Å². The molecule has 4 nitrogen and oxygen atoms in total. The Kier molecular flexibility index (Phi) is 4.35. The molecule has 82 valence electrons. The van der Waals surface area contributed by atoms with Crippen molar-refractivity contribution in [3.05, 3.63) is 0 Å². The first-order chi connectivity index (χ1) is 6.69. The maximum atomic E-state index is 11.6. The van der Waals surface area contributed by atoms with Gasteiger partial charge in [0.1, 0.15) is 0 Å². The maximum Gasteiger partial charge on any atom is 0.239 e. The molecular weight excluding hydrogens is 180 g/mol. The van der Waals surface area contributed by atoms with Gasteiger partial charge in [-0.25, -0.2) is 0 Å². The van der Waals surface area contributed by atoms with Crippen molar-refractivity contribution in [2.24, 2.45) is 11.7 Å². The van der Waals surface area contributed by atoms with Crippen LogP contribution in [0.1, 0.15) is 26.2 Å². The number of hydrogen-bond acceptors (Lipinski definition) is 3. The van der Waals surface area contributed by atoms with Crippen molar-refractivity contribution in [2.45, 2.75) is 32.2 Å². The standard InChI is InChI=1S/C10H20N2O2/c1-2-3-4-9(11)10(14)12-5-8(6-12)7-13/h8-9,13H,2-7,11H2,1H3/t9-/m0/s1. The van der Waals surface area contributed by atoms with Gasteiger partial charge in [-0.1, -0.05) is 19.8 Å². The lowest BCUT2D eigenvalue weighted by Crippen LogP contribution is -2.56. The molecule has 0 aromatic heterocycles. The average Bonchev–Trinajstić information content (AvgIpc) is 2.12. The third kappa shape index (κ3) is 2.69. The van der Waals surface area contributed by atoms with Crippen LogP contribution in [-0.4, -0.2) is 41.7 Å². The number of aliphatic hydroxyl groups is 1. The summed E-state index contributed by atoms with van der Waals surface area (Å²) in [4.78, 5) is 13.3. The van der Waals surface area contributed by atoms with Gasteiger partial charge in [-0.2, -0.15) is 0 Å². The monoisotopic (exact) mass is 200 g/mol. The molecule has 1 heterocycles. The third-order valence-corrected chi connectivity index (χ3v) is 2.71. The quantitative estimate of drug-likeness (QED) is 0.654. The Balaban J connectivity index is 2.21. The van der Waals surface area contributed by atoms with Crippen LogP contribution in [0.3, 0.4) is 0 Å². The van der Waals surface area contributed by atoms with Gasteiger partial charge in [0.2, 0.25) is 5.91 Å². The van der Waals surface area contributed by atoms with Gasteiger partial charge < -0.3 is 15.7 Å². The van der Waals surface area contributed by atoms with Crippen molar-refractivity contribution < 1.29 is 9.90 Å². The van der Waals surface area contributed by atoms with E-state index in [0.717, 1.165) is 19.3 Å². The van der Waals surface area contributed by atoms with Crippen LogP contribution >= 0.6 is 0 Å². The van der Waals surface area contributed by atoms with E-state index < -0.39 is 0 Å². The smallest absolute Gasteiger partial charge is 0.239 e. The first-order valence-electron chi connectivity index (χ1n) is 5.34. The molecule has 1 aliphatic rings. The van der Waals surface area contributed by atoms with Crippen LogP contribution in [0.2, 0.25) is 0 Å². The fourth-order valence-corrected chi connectivity index (χ4v) is 1.65. The van der Waals surface area contributed by atoms with Gasteiger partial charge in [-0.3, -0.25) is 4.79 Å². The summed E-state index contributed by atoms with van der Waals surface area (Å²) < 4.78 is 0. The summed E-state index contributed by atoms with van der Waals surface area (Å²) in [5.74, 6) is 0.320. The van der Waals surface area contributed by atoms with Gasteiger partial charge in [0, 0.05) is 25.6 Å². The predicted octanol–water partition coefficient (Wildman–Crippen LogP) is -0.0454. The number of aliphatic hydroxyl groups excluding tert-OH is 1. The fourth-order valence-electron chi connectivity index (χ4n) is 1.65. The Morgan fingerprint density at radius 2 is 2.29 bits per heavy atom. The molecule has 1 rings (SSSR count). The summed E-state index contributed by atoms with van der Waals surface area (Å²) in [6, 6.07) is -0.338. The average molecular weight is 200 g/mol. The zero-order valence-electron chi connectivity index (χ0n) is 8.78. The molecule has 0 aliphatic carbocycles. The molecule has 1 saturated heterocycles. The molecule has 1 amide bonds. The third-order valence-electron chi connectivity index (χ3n) is 2.71. The molecule has 1 aliphatic heterocycles. The molecule has 3 N–H and O–H groups in total. The van der Waals surface area contributed by atoms with E-state index in [9.17, 15) is 4.79 Å². The zero-order valence-corrected chi connectivity index (χ0v) is 8.78. The Bertz CT molecular complexity index is 184. The highest BCUT2D eigenvalue weighted by Gasteiger charge is 2.32. The number of carbonyl (C=O) groups excluding carboxylic acids is 1. The van der Waals surface area contributed by atoms with Crippen LogP contribution in [-0.2, 0) is 4.79 Å². The van der Waals surface area contributed by atoms with Crippen LogP contribution in [0.15, 0.2) is 0 Å². The lowest BCUT2D eigenvalue weighted by atomic mass is 9.99. The molecule has 0 bridgehead atoms. The second-order valence-corrected chi connectivity index (χ2v) is 4.04. The largest absolute Gasteiger partial charge is 0.396 e. The summed E-state index contributed by atoms with van der Waals surface area (Å²) in [5.41, 5.74) is 5.75. The molecule has 1 atom stereocenters. The van der Waals surface area contributed by atoms with E-state index in [4.69, 9.17) is 10.8 Å². The fraction of sp³-hybridized carbons (Fsp3) is 0.900. The van der Waals surface area contributed by atoms with E-state index in [1.807, 2.05) is 0 Å². The number of carbonyl (C=O) groups is 1. The molecule has 0 spiro atoms. The second-order valence-electron chi connectivity index (χ2n) is 4.04. The first-order valence-corrected chi connectivity index (χ1v) is 5.34. The van der Waals surface area contributed by atoms with Crippen LogP contribution < -0.4 is 5.73 Å². The molecule has 0 radical (unpaired) electrons. The number of nitrogens with two attached hydrogens (primary N) is 1. The predicted molar refractivity (Wildman–Crippen MR) is 54.7 cm³/mol. The molecule has 0 aromatic carbocycles. The number of likely N-dealkylation sites (tertiary alicyclic amines) is 1. The number of hydrogen-bond donors (Lipinski definition) is 2. The highest BCUT2D eigenvalue weighted by atomic mass is 16.3. The topological polar surface area (TPSA) is 66.6 Å². The van der Waals surface area contributed by atoms with Crippen LogP contribution in [0.5, 0.6) is 0 Å². The maximum absolute atomic E-state index is 11.6. The summed E-state index contributed by atoms with van der Waals surface area (Å²) in [5, 5.41) is 8.80. The lowest BCUT2D eigenvalue weighted by molar-refractivity contribution is -0.140. The molecule has 0 unspecified atom stereocenters. The first kappa shape index (κ1) is 11.5. The Morgan fingerprint density at radius 3 is 2.79 bits per heavy atom. The van der Waals surface area contributed by atoms with Crippen molar-refractivity contribution in [2.75, 3.05) is 19.7 Å². The van der Waals surface area contributed by atoms with E-state index in [1.54, 1.807) is 4.90 Å². The number of amides is 1. The van der Waals surface area contributed by atoms with Crippen molar-refractivity contribution >= 4 is 5.91 Å². The van der Waals surface area contributed by atoms with Gasteiger partial charge in [0.15, 0.2) is 0 Å². The number of nitrogens with zero attached hydrogens (tertiary/aromatic N) is 1. The summed E-state index contributed by atoms with van der Waals surface area (Å²) >= 11 is 0. The van der Waals surface area contributed by atoms with E-state index in [-0.39, 0.29) is 24.5 Å². The summed E-state index contributed by atoms with van der Waals surface area (Å²) in [6.45, 7) is 3.61.